The quantitative estimate of drug-likeness (QED) is 0.346. The Morgan fingerprint density at radius 1 is 1.07 bits per heavy atom. The lowest BCUT2D eigenvalue weighted by Crippen LogP contribution is -2.54. The number of carbonyl (C=O) groups excluding carboxylic acids is 2. The van der Waals surface area contributed by atoms with Crippen molar-refractivity contribution in [2.24, 2.45) is 0 Å². The Morgan fingerprint density at radius 3 is 2.70 bits per heavy atom. The van der Waals surface area contributed by atoms with Gasteiger partial charge in [0.15, 0.2) is 5.82 Å². The number of amides is 2. The second-order valence-electron chi connectivity index (χ2n) is 9.93. The molecule has 40 heavy (non-hydrogen) atoms. The van der Waals surface area contributed by atoms with Crippen LogP contribution in [0.15, 0.2) is 65.1 Å². The lowest BCUT2D eigenvalue weighted by Gasteiger charge is -2.34. The van der Waals surface area contributed by atoms with Crippen LogP contribution in [-0.2, 0) is 19.6 Å². The molecule has 0 saturated carbocycles. The number of fused-ring (bicyclic) bond motifs is 1. The molecule has 2 aliphatic heterocycles. The van der Waals surface area contributed by atoms with Crippen LogP contribution < -0.4 is 4.72 Å². The zero-order valence-corrected chi connectivity index (χ0v) is 23.8. The fraction of sp³-hybridized carbons (Fsp3) is 0.333. The molecule has 2 amide bonds. The van der Waals surface area contributed by atoms with Crippen molar-refractivity contribution >= 4 is 54.9 Å². The third-order valence-corrected chi connectivity index (χ3v) is 10.6. The van der Waals surface area contributed by atoms with Gasteiger partial charge in [-0.05, 0) is 67.5 Å². The molecule has 6 rings (SSSR count). The molecule has 2 aliphatic rings. The van der Waals surface area contributed by atoms with Gasteiger partial charge in [-0.1, -0.05) is 29.8 Å². The number of nitrogens with zero attached hydrogens (tertiary/aromatic N) is 5. The van der Waals surface area contributed by atoms with Crippen molar-refractivity contribution < 1.29 is 18.0 Å². The van der Waals surface area contributed by atoms with Gasteiger partial charge in [-0.15, -0.1) is 11.3 Å². The molecule has 4 heterocycles. The summed E-state index contributed by atoms with van der Waals surface area (Å²) in [4.78, 5) is 34.5. The van der Waals surface area contributed by atoms with Crippen molar-refractivity contribution in [1.82, 2.24) is 29.3 Å². The van der Waals surface area contributed by atoms with Crippen molar-refractivity contribution in [3.05, 3.63) is 71.8 Å². The molecular weight excluding hydrogens is 572 g/mol. The molecule has 1 N–H and O–H groups in total. The maximum atomic E-state index is 13.5. The van der Waals surface area contributed by atoms with Gasteiger partial charge in [0, 0.05) is 22.8 Å². The summed E-state index contributed by atoms with van der Waals surface area (Å²) >= 11 is 7.17. The van der Waals surface area contributed by atoms with Gasteiger partial charge in [-0.3, -0.25) is 9.59 Å². The molecule has 0 radical (unpaired) electrons. The fourth-order valence-corrected chi connectivity index (χ4v) is 8.21. The predicted molar refractivity (Wildman–Crippen MR) is 152 cm³/mol. The van der Waals surface area contributed by atoms with E-state index in [1.54, 1.807) is 33.8 Å². The van der Waals surface area contributed by atoms with E-state index < -0.39 is 22.0 Å². The second-order valence-corrected chi connectivity index (χ2v) is 13.4. The van der Waals surface area contributed by atoms with Crippen LogP contribution in [0.1, 0.15) is 37.5 Å². The maximum absolute atomic E-state index is 13.5. The van der Waals surface area contributed by atoms with Crippen molar-refractivity contribution in [3.8, 4) is 5.69 Å². The van der Waals surface area contributed by atoms with E-state index in [1.165, 1.54) is 11.2 Å². The molecule has 2 aromatic heterocycles. The van der Waals surface area contributed by atoms with E-state index in [0.29, 0.717) is 36.8 Å². The number of likely N-dealkylation sites (tertiary alicyclic amines) is 2. The summed E-state index contributed by atoms with van der Waals surface area (Å²) in [7, 11) is -3.94. The van der Waals surface area contributed by atoms with Crippen molar-refractivity contribution in [2.75, 3.05) is 19.6 Å². The summed E-state index contributed by atoms with van der Waals surface area (Å²) in [5.74, 6) is 0.0937. The minimum absolute atomic E-state index is 0.117. The van der Waals surface area contributed by atoms with Gasteiger partial charge in [0.2, 0.25) is 11.8 Å². The third-order valence-electron chi connectivity index (χ3n) is 7.32. The number of sulfonamides is 1. The van der Waals surface area contributed by atoms with Crippen LogP contribution in [0.3, 0.4) is 0 Å². The highest BCUT2D eigenvalue weighted by Crippen LogP contribution is 2.33. The number of nitrogens with one attached hydrogen (secondary N) is 1. The Kier molecular flexibility index (Phi) is 7.34. The lowest BCUT2D eigenvalue weighted by atomic mass is 10.1. The van der Waals surface area contributed by atoms with Crippen LogP contribution in [0.2, 0.25) is 5.02 Å². The second kappa shape index (κ2) is 10.9. The number of thiophene rings is 1. The van der Waals surface area contributed by atoms with E-state index in [-0.39, 0.29) is 22.7 Å². The van der Waals surface area contributed by atoms with Crippen molar-refractivity contribution in [2.45, 2.75) is 42.0 Å². The molecule has 2 saturated heterocycles. The summed E-state index contributed by atoms with van der Waals surface area (Å²) in [5, 5.41) is 5.62. The highest BCUT2D eigenvalue weighted by atomic mass is 35.5. The summed E-state index contributed by atoms with van der Waals surface area (Å²) in [6.45, 7) is 0.830. The normalized spacial score (nSPS) is 20.0. The van der Waals surface area contributed by atoms with Gasteiger partial charge < -0.3 is 9.80 Å². The van der Waals surface area contributed by atoms with Crippen LogP contribution in [-0.4, -0.2) is 70.5 Å². The Morgan fingerprint density at radius 2 is 1.88 bits per heavy atom. The van der Waals surface area contributed by atoms with E-state index in [2.05, 4.69) is 14.8 Å². The third kappa shape index (κ3) is 5.24. The van der Waals surface area contributed by atoms with Gasteiger partial charge in [-0.25, -0.2) is 18.1 Å². The molecule has 2 unspecified atom stereocenters. The first-order valence-corrected chi connectivity index (χ1v) is 15.7. The van der Waals surface area contributed by atoms with E-state index in [4.69, 9.17) is 11.6 Å². The molecular formula is C27H27ClN6O4S2. The number of hydrogen-bond acceptors (Lipinski definition) is 7. The number of para-hydroxylation sites is 1. The highest BCUT2D eigenvalue weighted by Gasteiger charge is 2.38. The Balaban J connectivity index is 1.15. The first-order valence-electron chi connectivity index (χ1n) is 13.1. The van der Waals surface area contributed by atoms with Gasteiger partial charge in [-0.2, -0.15) is 9.82 Å². The number of rotatable bonds is 7. The lowest BCUT2D eigenvalue weighted by molar-refractivity contribution is -0.143. The minimum atomic E-state index is -3.94. The molecule has 0 aliphatic carbocycles. The average Bonchev–Trinajstić information content (AvgIpc) is 3.70. The molecule has 208 valence electrons. The van der Waals surface area contributed by atoms with E-state index >= 15 is 0 Å². The zero-order valence-electron chi connectivity index (χ0n) is 21.4. The van der Waals surface area contributed by atoms with Gasteiger partial charge in [0.05, 0.1) is 18.3 Å². The monoisotopic (exact) mass is 598 g/mol. The minimum Gasteiger partial charge on any atom is -0.332 e. The van der Waals surface area contributed by atoms with Crippen LogP contribution >= 0.6 is 22.9 Å². The van der Waals surface area contributed by atoms with Crippen molar-refractivity contribution in [1.29, 1.82) is 0 Å². The standard InChI is InChI=1S/C27H27ClN6O4S2/c28-19-10-11-23-18(14-19)15-25(39-23)40(37,38)31-21-8-4-12-32(27(21)36)16-24(35)33-13-5-9-22(33)26-29-17-30-34(26)20-6-2-1-3-7-20/h1-3,6-7,10-11,14-15,17,21-22,31H,4-5,8-9,12-13,16H2. The van der Waals surface area contributed by atoms with Gasteiger partial charge in [0.1, 0.15) is 16.6 Å². The smallest absolute Gasteiger partial charge is 0.250 e. The first kappa shape index (κ1) is 26.9. The Bertz CT molecular complexity index is 1670. The van der Waals surface area contributed by atoms with E-state index in [0.717, 1.165) is 40.0 Å². The molecule has 2 aromatic carbocycles. The molecule has 4 aromatic rings. The Labute approximate surface area is 240 Å². The van der Waals surface area contributed by atoms with Crippen LogP contribution in [0.25, 0.3) is 15.8 Å². The number of hydrogen-bond donors (Lipinski definition) is 1. The SMILES string of the molecule is O=C1C(NS(=O)(=O)c2cc3cc(Cl)ccc3s2)CCCN1CC(=O)N1CCCC1c1ncnn1-c1ccccc1. The summed E-state index contributed by atoms with van der Waals surface area (Å²) in [6, 6.07) is 15.2. The fourth-order valence-electron chi connectivity index (χ4n) is 5.41. The molecule has 13 heteroatoms. The maximum Gasteiger partial charge on any atom is 0.250 e. The first-order chi connectivity index (χ1) is 19.3. The molecule has 2 atom stereocenters. The summed E-state index contributed by atoms with van der Waals surface area (Å²) in [6.07, 6.45) is 3.99. The predicted octanol–water partition coefficient (Wildman–Crippen LogP) is 3.77. The van der Waals surface area contributed by atoms with E-state index in [1.807, 2.05) is 30.3 Å². The molecule has 0 bridgehead atoms. The number of piperidine rings is 1. The summed E-state index contributed by atoms with van der Waals surface area (Å²) in [5.41, 5.74) is 0.859. The van der Waals surface area contributed by atoms with Crippen LogP contribution in [0, 0.1) is 0 Å². The van der Waals surface area contributed by atoms with Crippen molar-refractivity contribution in [3.63, 3.8) is 0 Å². The van der Waals surface area contributed by atoms with E-state index in [9.17, 15) is 18.0 Å². The highest BCUT2D eigenvalue weighted by molar-refractivity contribution is 7.91. The largest absolute Gasteiger partial charge is 0.332 e. The zero-order chi connectivity index (χ0) is 27.9. The van der Waals surface area contributed by atoms with Crippen LogP contribution in [0.5, 0.6) is 0 Å². The molecule has 10 nitrogen and oxygen atoms in total. The number of halogens is 1. The van der Waals surface area contributed by atoms with Crippen LogP contribution in [0.4, 0.5) is 0 Å². The molecule has 2 fully saturated rings. The molecule has 0 spiro atoms. The Hall–Kier alpha value is -3.32. The number of carbonyl (C=O) groups is 2. The topological polar surface area (TPSA) is 118 Å². The van der Waals surface area contributed by atoms with Gasteiger partial charge in [0.25, 0.3) is 10.0 Å². The summed E-state index contributed by atoms with van der Waals surface area (Å²) < 4.78 is 31.6. The van der Waals surface area contributed by atoms with Gasteiger partial charge >= 0.3 is 0 Å². The number of aromatic nitrogens is 3. The number of benzene rings is 2. The average molecular weight is 599 g/mol.